The van der Waals surface area contributed by atoms with Gasteiger partial charge in [-0.15, -0.1) is 0 Å². The topological polar surface area (TPSA) is 67.6 Å². The van der Waals surface area contributed by atoms with Crippen molar-refractivity contribution < 1.29 is 9.53 Å². The van der Waals surface area contributed by atoms with Crippen molar-refractivity contribution in [1.82, 2.24) is 10.3 Å². The zero-order chi connectivity index (χ0) is 8.97. The number of nitrogens with two attached hydrogens (primary N) is 1. The number of carbonyl (C=O) groups excluding carboxylic acids is 1. The molecule has 1 saturated heterocycles. The van der Waals surface area contributed by atoms with Crippen LogP contribution in [0.1, 0.15) is 6.92 Å². The molecule has 0 aromatic rings. The summed E-state index contributed by atoms with van der Waals surface area (Å²) in [4.78, 5) is 13.1. The first-order valence-corrected chi connectivity index (χ1v) is 4.08. The second-order valence-corrected chi connectivity index (χ2v) is 2.83. The Labute approximate surface area is 71.8 Å². The molecule has 1 atom stereocenters. The number of hydrogen-bond acceptors (Lipinski definition) is 4. The molecule has 1 aliphatic heterocycles. The van der Waals surface area contributed by atoms with Gasteiger partial charge in [0.05, 0.1) is 19.3 Å². The van der Waals surface area contributed by atoms with Gasteiger partial charge < -0.3 is 4.74 Å². The van der Waals surface area contributed by atoms with E-state index in [2.05, 4.69) is 5.43 Å². The first-order chi connectivity index (χ1) is 5.75. The molecule has 1 aliphatic rings. The van der Waals surface area contributed by atoms with Crippen molar-refractivity contribution in [3.05, 3.63) is 0 Å². The Balaban J connectivity index is 2.39. The van der Waals surface area contributed by atoms with E-state index in [0.717, 1.165) is 13.1 Å². The molecule has 5 nitrogen and oxygen atoms in total. The van der Waals surface area contributed by atoms with E-state index in [9.17, 15) is 4.79 Å². The maximum absolute atomic E-state index is 11.1. The van der Waals surface area contributed by atoms with E-state index in [0.29, 0.717) is 13.2 Å². The predicted octanol–water partition coefficient (Wildman–Crippen LogP) is -1.30. The summed E-state index contributed by atoms with van der Waals surface area (Å²) in [6.45, 7) is 4.83. The Hall–Kier alpha value is -0.650. The van der Waals surface area contributed by atoms with Gasteiger partial charge in [-0.1, -0.05) is 0 Å². The lowest BCUT2D eigenvalue weighted by Gasteiger charge is -2.30. The maximum Gasteiger partial charge on any atom is 0.250 e. The molecule has 0 aromatic heterocycles. The van der Waals surface area contributed by atoms with Crippen LogP contribution in [0, 0.1) is 0 Å². The summed E-state index contributed by atoms with van der Waals surface area (Å²) < 4.78 is 5.16. The quantitative estimate of drug-likeness (QED) is 0.309. The minimum atomic E-state index is -0.154. The Kier molecular flexibility index (Phi) is 3.46. The smallest absolute Gasteiger partial charge is 0.250 e. The fraction of sp³-hybridized carbons (Fsp3) is 0.857. The van der Waals surface area contributed by atoms with Gasteiger partial charge in [0, 0.05) is 13.1 Å². The highest BCUT2D eigenvalue weighted by atomic mass is 16.5. The van der Waals surface area contributed by atoms with Crippen LogP contribution in [0.3, 0.4) is 0 Å². The molecule has 0 bridgehead atoms. The van der Waals surface area contributed by atoms with Gasteiger partial charge in [0.1, 0.15) is 0 Å². The van der Waals surface area contributed by atoms with Crippen LogP contribution in [-0.4, -0.2) is 43.2 Å². The fourth-order valence-corrected chi connectivity index (χ4v) is 1.25. The Morgan fingerprint density at radius 1 is 1.58 bits per heavy atom. The van der Waals surface area contributed by atoms with Crippen molar-refractivity contribution in [2.45, 2.75) is 13.0 Å². The molecular weight excluding hydrogens is 158 g/mol. The van der Waals surface area contributed by atoms with Crippen molar-refractivity contribution in [3.63, 3.8) is 0 Å². The van der Waals surface area contributed by atoms with E-state index in [-0.39, 0.29) is 11.9 Å². The van der Waals surface area contributed by atoms with Crippen LogP contribution in [-0.2, 0) is 9.53 Å². The van der Waals surface area contributed by atoms with Crippen LogP contribution in [0.15, 0.2) is 0 Å². The summed E-state index contributed by atoms with van der Waals surface area (Å²) in [5.41, 5.74) is 2.14. The van der Waals surface area contributed by atoms with Gasteiger partial charge in [-0.05, 0) is 6.92 Å². The lowest BCUT2D eigenvalue weighted by molar-refractivity contribution is -0.127. The van der Waals surface area contributed by atoms with Crippen LogP contribution in [0.2, 0.25) is 0 Å². The Morgan fingerprint density at radius 3 is 2.67 bits per heavy atom. The summed E-state index contributed by atoms with van der Waals surface area (Å²) in [5, 5.41) is 0. The number of rotatable bonds is 2. The van der Waals surface area contributed by atoms with Crippen molar-refractivity contribution in [2.75, 3.05) is 26.3 Å². The van der Waals surface area contributed by atoms with E-state index in [1.807, 2.05) is 11.8 Å². The van der Waals surface area contributed by atoms with Gasteiger partial charge in [0.2, 0.25) is 0 Å². The zero-order valence-electron chi connectivity index (χ0n) is 7.25. The fourth-order valence-electron chi connectivity index (χ4n) is 1.25. The third-order valence-electron chi connectivity index (χ3n) is 2.12. The first-order valence-electron chi connectivity index (χ1n) is 4.08. The number of hydrazine groups is 1. The lowest BCUT2D eigenvalue weighted by Crippen LogP contribution is -2.51. The van der Waals surface area contributed by atoms with Crippen molar-refractivity contribution in [3.8, 4) is 0 Å². The number of morpholine rings is 1. The molecule has 1 fully saturated rings. The zero-order valence-corrected chi connectivity index (χ0v) is 7.25. The van der Waals surface area contributed by atoms with Crippen LogP contribution in [0.25, 0.3) is 0 Å². The minimum absolute atomic E-state index is 0.142. The molecule has 12 heavy (non-hydrogen) atoms. The van der Waals surface area contributed by atoms with E-state index < -0.39 is 0 Å². The average molecular weight is 173 g/mol. The molecule has 0 saturated carbocycles. The summed E-state index contributed by atoms with van der Waals surface area (Å²) in [6.07, 6.45) is 0. The number of carbonyl (C=O) groups is 1. The molecule has 0 spiro atoms. The molecule has 1 rings (SSSR count). The highest BCUT2D eigenvalue weighted by Crippen LogP contribution is 2.02. The van der Waals surface area contributed by atoms with E-state index >= 15 is 0 Å². The van der Waals surface area contributed by atoms with Crippen molar-refractivity contribution >= 4 is 5.91 Å². The van der Waals surface area contributed by atoms with Crippen LogP contribution < -0.4 is 11.3 Å². The number of amides is 1. The molecule has 5 heteroatoms. The molecule has 70 valence electrons. The number of nitrogens with one attached hydrogen (secondary N) is 1. The highest BCUT2D eigenvalue weighted by molar-refractivity contribution is 5.80. The molecule has 3 N–H and O–H groups in total. The maximum atomic E-state index is 11.1. The Morgan fingerprint density at radius 2 is 2.17 bits per heavy atom. The van der Waals surface area contributed by atoms with Gasteiger partial charge in [-0.25, -0.2) is 5.84 Å². The lowest BCUT2D eigenvalue weighted by atomic mass is 10.2. The number of hydrogen-bond donors (Lipinski definition) is 2. The average Bonchev–Trinajstić information content (AvgIpc) is 2.17. The van der Waals surface area contributed by atoms with E-state index in [4.69, 9.17) is 10.6 Å². The first kappa shape index (κ1) is 9.44. The molecule has 0 unspecified atom stereocenters. The molecule has 0 radical (unpaired) electrons. The third kappa shape index (κ3) is 2.17. The molecule has 0 aromatic carbocycles. The largest absolute Gasteiger partial charge is 0.379 e. The summed E-state index contributed by atoms with van der Waals surface area (Å²) in [7, 11) is 0. The van der Waals surface area contributed by atoms with Crippen LogP contribution in [0.5, 0.6) is 0 Å². The second kappa shape index (κ2) is 4.39. The van der Waals surface area contributed by atoms with Crippen molar-refractivity contribution in [2.24, 2.45) is 5.84 Å². The van der Waals surface area contributed by atoms with Gasteiger partial charge >= 0.3 is 0 Å². The molecule has 0 aliphatic carbocycles. The van der Waals surface area contributed by atoms with Gasteiger partial charge in [0.25, 0.3) is 5.91 Å². The summed E-state index contributed by atoms with van der Waals surface area (Å²) in [5.74, 6) is 4.88. The molecular formula is C7H15N3O2. The molecule has 1 heterocycles. The standard InChI is InChI=1S/C7H15N3O2/c1-6(7(11)9-8)10-2-4-12-5-3-10/h6H,2-5,8H2,1H3,(H,9,11)/t6-/m0/s1. The van der Waals surface area contributed by atoms with E-state index in [1.165, 1.54) is 0 Å². The summed E-state index contributed by atoms with van der Waals surface area (Å²) in [6, 6.07) is -0.154. The third-order valence-corrected chi connectivity index (χ3v) is 2.12. The van der Waals surface area contributed by atoms with Crippen molar-refractivity contribution in [1.29, 1.82) is 0 Å². The monoisotopic (exact) mass is 173 g/mol. The SMILES string of the molecule is C[C@@H](C(=O)NN)N1CCOCC1. The minimum Gasteiger partial charge on any atom is -0.379 e. The second-order valence-electron chi connectivity index (χ2n) is 2.83. The molecule has 1 amide bonds. The number of ether oxygens (including phenoxy) is 1. The van der Waals surface area contributed by atoms with Gasteiger partial charge in [0.15, 0.2) is 0 Å². The van der Waals surface area contributed by atoms with Gasteiger partial charge in [-0.3, -0.25) is 15.1 Å². The van der Waals surface area contributed by atoms with E-state index in [1.54, 1.807) is 0 Å². The normalized spacial score (nSPS) is 21.8. The van der Waals surface area contributed by atoms with Crippen LogP contribution >= 0.6 is 0 Å². The van der Waals surface area contributed by atoms with Gasteiger partial charge in [-0.2, -0.15) is 0 Å². The van der Waals surface area contributed by atoms with Crippen LogP contribution in [0.4, 0.5) is 0 Å². The number of nitrogens with zero attached hydrogens (tertiary/aromatic N) is 1. The summed E-state index contributed by atoms with van der Waals surface area (Å²) >= 11 is 0. The highest BCUT2D eigenvalue weighted by Gasteiger charge is 2.21. The predicted molar refractivity (Wildman–Crippen MR) is 44.2 cm³/mol. The Bertz CT molecular complexity index is 157.